The normalized spacial score (nSPS) is 12.5. The fourth-order valence-corrected chi connectivity index (χ4v) is 3.95. The zero-order valence-electron chi connectivity index (χ0n) is 15.4. The Labute approximate surface area is 157 Å². The van der Waals surface area contributed by atoms with Gasteiger partial charge in [-0.1, -0.05) is 53.7 Å². The maximum atomic E-state index is 12.9. The minimum atomic E-state index is -0.337. The van der Waals surface area contributed by atoms with Gasteiger partial charge in [-0.05, 0) is 39.8 Å². The summed E-state index contributed by atoms with van der Waals surface area (Å²) in [5.41, 5.74) is 2.39. The van der Waals surface area contributed by atoms with Crippen molar-refractivity contribution in [2.45, 2.75) is 44.1 Å². The highest BCUT2D eigenvalue weighted by atomic mass is 32.2. The second-order valence-electron chi connectivity index (χ2n) is 6.67. The van der Waals surface area contributed by atoms with Crippen molar-refractivity contribution in [2.75, 3.05) is 0 Å². The first-order valence-corrected chi connectivity index (χ1v) is 9.55. The standard InChI is InChI=1S/C21H22N2O2S/c1-13(2)23-20(25)17-7-5-6-8-18(17)22-21(23)26-15(4)19(24)16-11-9-14(3)10-12-16/h5-13,15H,1-4H3. The van der Waals surface area contributed by atoms with Crippen molar-refractivity contribution in [3.8, 4) is 0 Å². The van der Waals surface area contributed by atoms with E-state index in [1.54, 1.807) is 10.6 Å². The summed E-state index contributed by atoms with van der Waals surface area (Å²) in [5, 5.41) is 0.843. The van der Waals surface area contributed by atoms with Crippen LogP contribution in [-0.4, -0.2) is 20.6 Å². The third-order valence-electron chi connectivity index (χ3n) is 4.28. The molecule has 0 saturated heterocycles. The van der Waals surface area contributed by atoms with Crippen molar-refractivity contribution in [3.63, 3.8) is 0 Å². The maximum absolute atomic E-state index is 12.9. The van der Waals surface area contributed by atoms with Gasteiger partial charge < -0.3 is 0 Å². The second-order valence-corrected chi connectivity index (χ2v) is 7.98. The largest absolute Gasteiger partial charge is 0.293 e. The van der Waals surface area contributed by atoms with Crippen LogP contribution in [0.2, 0.25) is 0 Å². The number of hydrogen-bond donors (Lipinski definition) is 0. The van der Waals surface area contributed by atoms with Crippen molar-refractivity contribution in [1.82, 2.24) is 9.55 Å². The molecule has 0 N–H and O–H groups in total. The zero-order chi connectivity index (χ0) is 18.8. The molecule has 3 rings (SSSR count). The van der Waals surface area contributed by atoms with Gasteiger partial charge in [0.05, 0.1) is 16.2 Å². The number of carbonyl (C=O) groups is 1. The smallest absolute Gasteiger partial charge is 0.262 e. The molecular weight excluding hydrogens is 344 g/mol. The van der Waals surface area contributed by atoms with Crippen molar-refractivity contribution in [3.05, 3.63) is 70.0 Å². The van der Waals surface area contributed by atoms with E-state index in [2.05, 4.69) is 4.98 Å². The van der Waals surface area contributed by atoms with Crippen LogP contribution >= 0.6 is 11.8 Å². The molecule has 1 aromatic heterocycles. The molecule has 3 aromatic rings. The van der Waals surface area contributed by atoms with E-state index in [1.165, 1.54) is 11.8 Å². The SMILES string of the molecule is Cc1ccc(C(=O)C(C)Sc2nc3ccccc3c(=O)n2C(C)C)cc1. The summed E-state index contributed by atoms with van der Waals surface area (Å²) in [5.74, 6) is 0.0349. The van der Waals surface area contributed by atoms with E-state index in [0.717, 1.165) is 5.56 Å². The highest BCUT2D eigenvalue weighted by Crippen LogP contribution is 2.26. The Hall–Kier alpha value is -2.40. The number of benzene rings is 2. The minimum Gasteiger partial charge on any atom is -0.293 e. The van der Waals surface area contributed by atoms with Gasteiger partial charge in [-0.15, -0.1) is 0 Å². The van der Waals surface area contributed by atoms with E-state index in [-0.39, 0.29) is 22.6 Å². The lowest BCUT2D eigenvalue weighted by atomic mass is 10.1. The van der Waals surface area contributed by atoms with Crippen molar-refractivity contribution in [1.29, 1.82) is 0 Å². The summed E-state index contributed by atoms with van der Waals surface area (Å²) < 4.78 is 1.67. The predicted octanol–water partition coefficient (Wildman–Crippen LogP) is 4.65. The zero-order valence-corrected chi connectivity index (χ0v) is 16.2. The van der Waals surface area contributed by atoms with Crippen molar-refractivity contribution >= 4 is 28.4 Å². The van der Waals surface area contributed by atoms with E-state index >= 15 is 0 Å². The molecule has 0 amide bonds. The molecule has 1 heterocycles. The van der Waals surface area contributed by atoms with Crippen LogP contribution < -0.4 is 5.56 Å². The molecule has 26 heavy (non-hydrogen) atoms. The lowest BCUT2D eigenvalue weighted by Gasteiger charge is -2.18. The van der Waals surface area contributed by atoms with Crippen LogP contribution in [0.4, 0.5) is 0 Å². The number of rotatable bonds is 5. The summed E-state index contributed by atoms with van der Waals surface area (Å²) in [6, 6.07) is 14.8. The van der Waals surface area contributed by atoms with E-state index < -0.39 is 0 Å². The molecule has 2 aromatic carbocycles. The summed E-state index contributed by atoms with van der Waals surface area (Å²) >= 11 is 1.34. The van der Waals surface area contributed by atoms with Gasteiger partial charge in [-0.2, -0.15) is 0 Å². The topological polar surface area (TPSA) is 52.0 Å². The van der Waals surface area contributed by atoms with Crippen molar-refractivity contribution < 1.29 is 4.79 Å². The fraction of sp³-hybridized carbons (Fsp3) is 0.286. The number of aromatic nitrogens is 2. The van der Waals surface area contributed by atoms with Gasteiger partial charge in [0.1, 0.15) is 0 Å². The lowest BCUT2D eigenvalue weighted by molar-refractivity contribution is 0.0994. The van der Waals surface area contributed by atoms with Crippen LogP contribution in [0.15, 0.2) is 58.5 Å². The Kier molecular flexibility index (Phi) is 5.28. The highest BCUT2D eigenvalue weighted by molar-refractivity contribution is 8.00. The highest BCUT2D eigenvalue weighted by Gasteiger charge is 2.21. The molecule has 1 atom stereocenters. The Morgan fingerprint density at radius 3 is 2.35 bits per heavy atom. The molecule has 0 saturated carbocycles. The summed E-state index contributed by atoms with van der Waals surface area (Å²) in [7, 11) is 0. The number of Topliss-reactive ketones (excluding diaryl/α,β-unsaturated/α-hetero) is 1. The number of ketones is 1. The van der Waals surface area contributed by atoms with Gasteiger partial charge in [-0.3, -0.25) is 14.2 Å². The van der Waals surface area contributed by atoms with Crippen molar-refractivity contribution in [2.24, 2.45) is 0 Å². The molecule has 0 spiro atoms. The summed E-state index contributed by atoms with van der Waals surface area (Å²) in [4.78, 5) is 30.3. The van der Waals surface area contributed by atoms with Gasteiger partial charge in [0.25, 0.3) is 5.56 Å². The van der Waals surface area contributed by atoms with Gasteiger partial charge in [0.2, 0.25) is 0 Å². The second kappa shape index (κ2) is 7.46. The number of para-hydroxylation sites is 1. The van der Waals surface area contributed by atoms with Gasteiger partial charge in [0, 0.05) is 11.6 Å². The first-order chi connectivity index (χ1) is 12.4. The molecule has 0 aliphatic rings. The number of carbonyl (C=O) groups excluding carboxylic acids is 1. The summed E-state index contributed by atoms with van der Waals surface area (Å²) in [6.45, 7) is 7.76. The fourth-order valence-electron chi connectivity index (χ4n) is 2.83. The average Bonchev–Trinajstić information content (AvgIpc) is 2.61. The monoisotopic (exact) mass is 366 g/mol. The quantitative estimate of drug-likeness (QED) is 0.375. The van der Waals surface area contributed by atoms with Crippen LogP contribution in [0, 0.1) is 6.92 Å². The number of thioether (sulfide) groups is 1. The third-order valence-corrected chi connectivity index (χ3v) is 5.35. The molecule has 0 bridgehead atoms. The van der Waals surface area contributed by atoms with E-state index in [9.17, 15) is 9.59 Å². The van der Waals surface area contributed by atoms with E-state index in [1.807, 2.05) is 70.2 Å². The molecule has 0 radical (unpaired) electrons. The molecule has 5 heteroatoms. The van der Waals surface area contributed by atoms with Crippen LogP contribution in [0.5, 0.6) is 0 Å². The molecule has 0 aliphatic carbocycles. The molecule has 4 nitrogen and oxygen atoms in total. The average molecular weight is 366 g/mol. The number of aryl methyl sites for hydroxylation is 1. The maximum Gasteiger partial charge on any atom is 0.262 e. The molecule has 134 valence electrons. The Morgan fingerprint density at radius 1 is 1.04 bits per heavy atom. The Bertz CT molecular complexity index is 1010. The molecular formula is C21H22N2O2S. The van der Waals surface area contributed by atoms with Gasteiger partial charge in [-0.25, -0.2) is 4.98 Å². The van der Waals surface area contributed by atoms with Crippen LogP contribution in [0.1, 0.15) is 42.7 Å². The van der Waals surface area contributed by atoms with Crippen LogP contribution in [-0.2, 0) is 0 Å². The van der Waals surface area contributed by atoms with Crippen LogP contribution in [0.25, 0.3) is 10.9 Å². The number of fused-ring (bicyclic) bond motifs is 1. The number of hydrogen-bond acceptors (Lipinski definition) is 4. The first kappa shape index (κ1) is 18.4. The minimum absolute atomic E-state index is 0.0349. The Balaban J connectivity index is 1.99. The molecule has 0 fully saturated rings. The van der Waals surface area contributed by atoms with E-state index in [4.69, 9.17) is 0 Å². The third kappa shape index (κ3) is 3.58. The summed E-state index contributed by atoms with van der Waals surface area (Å²) in [6.07, 6.45) is 0. The lowest BCUT2D eigenvalue weighted by Crippen LogP contribution is -2.26. The Morgan fingerprint density at radius 2 is 1.69 bits per heavy atom. The van der Waals surface area contributed by atoms with Crippen LogP contribution in [0.3, 0.4) is 0 Å². The van der Waals surface area contributed by atoms with Gasteiger partial charge >= 0.3 is 0 Å². The number of nitrogens with zero attached hydrogens (tertiary/aromatic N) is 2. The van der Waals surface area contributed by atoms with E-state index in [0.29, 0.717) is 21.6 Å². The molecule has 0 aliphatic heterocycles. The molecule has 1 unspecified atom stereocenters. The predicted molar refractivity (Wildman–Crippen MR) is 107 cm³/mol. The first-order valence-electron chi connectivity index (χ1n) is 8.67. The van der Waals surface area contributed by atoms with Gasteiger partial charge in [0.15, 0.2) is 10.9 Å².